The number of fused-ring (bicyclic) bond motifs is 1. The summed E-state index contributed by atoms with van der Waals surface area (Å²) in [5.74, 6) is -3.18. The maximum absolute atomic E-state index is 13.3. The number of hydrogen-bond donors (Lipinski definition) is 1. The molecule has 0 aliphatic carbocycles. The Morgan fingerprint density at radius 3 is 2.65 bits per heavy atom. The smallest absolute Gasteiger partial charge is 0.337 e. The van der Waals surface area contributed by atoms with Crippen molar-refractivity contribution < 1.29 is 18.7 Å². The molecule has 0 radical (unpaired) electrons. The number of aromatic nitrogens is 3. The molecular formula is C13H7F2N3O2. The Hall–Kier alpha value is -2.83. The van der Waals surface area contributed by atoms with Gasteiger partial charge < -0.3 is 5.11 Å². The van der Waals surface area contributed by atoms with E-state index in [2.05, 4.69) is 10.3 Å². The van der Waals surface area contributed by atoms with E-state index >= 15 is 0 Å². The minimum atomic E-state index is -1.15. The zero-order valence-electron chi connectivity index (χ0n) is 9.92. The Bertz CT molecular complexity index is 830. The van der Waals surface area contributed by atoms with Crippen molar-refractivity contribution in [1.29, 1.82) is 0 Å². The van der Waals surface area contributed by atoms with Gasteiger partial charge in [-0.05, 0) is 24.3 Å². The number of benzene rings is 2. The van der Waals surface area contributed by atoms with E-state index in [1.165, 1.54) is 22.9 Å². The molecular weight excluding hydrogens is 268 g/mol. The van der Waals surface area contributed by atoms with Gasteiger partial charge in [-0.1, -0.05) is 11.3 Å². The highest BCUT2D eigenvalue weighted by Gasteiger charge is 2.16. The Balaban J connectivity index is 2.31. The molecule has 0 amide bonds. The first-order valence-electron chi connectivity index (χ1n) is 5.61. The highest BCUT2D eigenvalue weighted by atomic mass is 19.2. The van der Waals surface area contributed by atoms with E-state index in [-0.39, 0.29) is 16.8 Å². The zero-order chi connectivity index (χ0) is 14.3. The van der Waals surface area contributed by atoms with Crippen LogP contribution in [0.4, 0.5) is 8.78 Å². The second-order valence-corrected chi connectivity index (χ2v) is 4.08. The van der Waals surface area contributed by atoms with Gasteiger partial charge in [0.15, 0.2) is 11.6 Å². The van der Waals surface area contributed by atoms with Crippen LogP contribution in [-0.2, 0) is 0 Å². The summed E-state index contributed by atoms with van der Waals surface area (Å²) in [6, 6.07) is 7.69. The number of aromatic carboxylic acids is 1. The molecule has 0 unspecified atom stereocenters. The van der Waals surface area contributed by atoms with Crippen LogP contribution in [0.3, 0.4) is 0 Å². The standard InChI is InChI=1S/C13H7F2N3O2/c14-9-5-4-7(6-10(9)15)18-12-8(13(19)20)2-1-3-11(12)16-17-18/h1-6H,(H,19,20). The van der Waals surface area contributed by atoms with Gasteiger partial charge in [0.05, 0.1) is 11.3 Å². The predicted molar refractivity (Wildman–Crippen MR) is 65.7 cm³/mol. The summed E-state index contributed by atoms with van der Waals surface area (Å²) in [4.78, 5) is 11.2. The number of carboxylic acids is 1. The quantitative estimate of drug-likeness (QED) is 0.779. The molecule has 0 aliphatic heterocycles. The van der Waals surface area contributed by atoms with Crippen LogP contribution in [0, 0.1) is 11.6 Å². The zero-order valence-corrected chi connectivity index (χ0v) is 9.92. The summed E-state index contributed by atoms with van der Waals surface area (Å²) in [6.45, 7) is 0. The molecule has 0 saturated carbocycles. The second kappa shape index (κ2) is 4.37. The van der Waals surface area contributed by atoms with E-state index in [4.69, 9.17) is 5.11 Å². The van der Waals surface area contributed by atoms with E-state index in [1.807, 2.05) is 0 Å². The van der Waals surface area contributed by atoms with Gasteiger partial charge in [0.1, 0.15) is 11.0 Å². The third-order valence-electron chi connectivity index (χ3n) is 2.85. The molecule has 0 atom stereocenters. The first kappa shape index (κ1) is 12.2. The topological polar surface area (TPSA) is 68.0 Å². The molecule has 0 spiro atoms. The lowest BCUT2D eigenvalue weighted by molar-refractivity contribution is 0.0698. The number of carboxylic acid groups (broad SMARTS) is 1. The molecule has 2 aromatic carbocycles. The maximum atomic E-state index is 13.3. The first-order valence-corrected chi connectivity index (χ1v) is 5.61. The highest BCUT2D eigenvalue weighted by molar-refractivity contribution is 6.01. The van der Waals surface area contributed by atoms with Crippen LogP contribution in [0.15, 0.2) is 36.4 Å². The largest absolute Gasteiger partial charge is 0.478 e. The average Bonchev–Trinajstić information content (AvgIpc) is 2.85. The number of hydrogen-bond acceptors (Lipinski definition) is 3. The van der Waals surface area contributed by atoms with Crippen molar-refractivity contribution in [2.45, 2.75) is 0 Å². The Labute approximate surface area is 111 Å². The van der Waals surface area contributed by atoms with Crippen LogP contribution in [0.2, 0.25) is 0 Å². The Kier molecular flexibility index (Phi) is 2.67. The van der Waals surface area contributed by atoms with Crippen molar-refractivity contribution in [3.63, 3.8) is 0 Å². The van der Waals surface area contributed by atoms with Gasteiger partial charge in [0.2, 0.25) is 0 Å². The van der Waals surface area contributed by atoms with E-state index in [9.17, 15) is 13.6 Å². The first-order chi connectivity index (χ1) is 9.58. The summed E-state index contributed by atoms with van der Waals surface area (Å²) in [7, 11) is 0. The van der Waals surface area contributed by atoms with E-state index in [0.29, 0.717) is 5.52 Å². The van der Waals surface area contributed by atoms with Crippen LogP contribution in [0.5, 0.6) is 0 Å². The van der Waals surface area contributed by atoms with Crippen molar-refractivity contribution in [1.82, 2.24) is 15.0 Å². The van der Waals surface area contributed by atoms with E-state index < -0.39 is 17.6 Å². The van der Waals surface area contributed by atoms with Crippen LogP contribution >= 0.6 is 0 Å². The fourth-order valence-electron chi connectivity index (χ4n) is 1.94. The number of halogens is 2. The van der Waals surface area contributed by atoms with E-state index in [0.717, 1.165) is 12.1 Å². The van der Waals surface area contributed by atoms with Crippen LogP contribution in [0.25, 0.3) is 16.7 Å². The molecule has 100 valence electrons. The molecule has 1 N–H and O–H groups in total. The van der Waals surface area contributed by atoms with Gasteiger partial charge in [-0.25, -0.2) is 18.3 Å². The summed E-state index contributed by atoms with van der Waals surface area (Å²) in [6.07, 6.45) is 0. The molecule has 0 saturated heterocycles. The normalized spacial score (nSPS) is 10.9. The number of rotatable bonds is 2. The highest BCUT2D eigenvalue weighted by Crippen LogP contribution is 2.21. The fraction of sp³-hybridized carbons (Fsp3) is 0. The number of para-hydroxylation sites is 1. The van der Waals surface area contributed by atoms with Gasteiger partial charge in [-0.15, -0.1) is 5.10 Å². The lowest BCUT2D eigenvalue weighted by Gasteiger charge is -2.04. The SMILES string of the molecule is O=C(O)c1cccc2nnn(-c3ccc(F)c(F)c3)c12. The third-order valence-corrected chi connectivity index (χ3v) is 2.85. The summed E-state index contributed by atoms with van der Waals surface area (Å²) < 4.78 is 27.4. The molecule has 0 fully saturated rings. The molecule has 1 heterocycles. The minimum absolute atomic E-state index is 0.0165. The average molecular weight is 275 g/mol. The predicted octanol–water partition coefficient (Wildman–Crippen LogP) is 2.40. The molecule has 3 rings (SSSR count). The van der Waals surface area contributed by atoms with Gasteiger partial charge in [-0.3, -0.25) is 0 Å². The fourth-order valence-corrected chi connectivity index (χ4v) is 1.94. The van der Waals surface area contributed by atoms with Gasteiger partial charge in [-0.2, -0.15) is 0 Å². The van der Waals surface area contributed by atoms with Crippen LogP contribution in [-0.4, -0.2) is 26.1 Å². The molecule has 1 aromatic heterocycles. The minimum Gasteiger partial charge on any atom is -0.478 e. The molecule has 3 aromatic rings. The van der Waals surface area contributed by atoms with Gasteiger partial charge >= 0.3 is 5.97 Å². The van der Waals surface area contributed by atoms with Gasteiger partial charge in [0, 0.05) is 6.07 Å². The monoisotopic (exact) mass is 275 g/mol. The molecule has 7 heteroatoms. The summed E-state index contributed by atoms with van der Waals surface area (Å²) in [5.41, 5.74) is 0.762. The van der Waals surface area contributed by atoms with Crippen LogP contribution < -0.4 is 0 Å². The second-order valence-electron chi connectivity index (χ2n) is 4.08. The van der Waals surface area contributed by atoms with Crippen molar-refractivity contribution in [2.24, 2.45) is 0 Å². The molecule has 5 nitrogen and oxygen atoms in total. The van der Waals surface area contributed by atoms with Crippen LogP contribution in [0.1, 0.15) is 10.4 Å². The molecule has 0 bridgehead atoms. The van der Waals surface area contributed by atoms with Crippen molar-refractivity contribution in [3.05, 3.63) is 53.6 Å². The van der Waals surface area contributed by atoms with Crippen molar-refractivity contribution >= 4 is 17.0 Å². The van der Waals surface area contributed by atoms with Crippen molar-refractivity contribution in [2.75, 3.05) is 0 Å². The molecule has 0 aliphatic rings. The third kappa shape index (κ3) is 1.80. The lowest BCUT2D eigenvalue weighted by Crippen LogP contribution is -2.04. The summed E-state index contributed by atoms with van der Waals surface area (Å²) in [5, 5.41) is 16.8. The maximum Gasteiger partial charge on any atom is 0.337 e. The Morgan fingerprint density at radius 1 is 1.15 bits per heavy atom. The Morgan fingerprint density at radius 2 is 1.95 bits per heavy atom. The summed E-state index contributed by atoms with van der Waals surface area (Å²) >= 11 is 0. The number of carbonyl (C=O) groups is 1. The van der Waals surface area contributed by atoms with Crippen molar-refractivity contribution in [3.8, 4) is 5.69 Å². The van der Waals surface area contributed by atoms with E-state index in [1.54, 1.807) is 6.07 Å². The van der Waals surface area contributed by atoms with Gasteiger partial charge in [0.25, 0.3) is 0 Å². The lowest BCUT2D eigenvalue weighted by atomic mass is 10.2. The molecule has 20 heavy (non-hydrogen) atoms. The number of nitrogens with zero attached hydrogens (tertiary/aromatic N) is 3.